The monoisotopic (exact) mass is 433 g/mol. The predicted molar refractivity (Wildman–Crippen MR) is 110 cm³/mol. The van der Waals surface area contributed by atoms with Crippen molar-refractivity contribution in [3.8, 4) is 11.5 Å². The highest BCUT2D eigenvalue weighted by Gasteiger charge is 2.34. The first-order valence-corrected chi connectivity index (χ1v) is 9.03. The zero-order valence-corrected chi connectivity index (χ0v) is 16.2. The number of thiocarbonyl (C=S) groups is 1. The van der Waals surface area contributed by atoms with Crippen LogP contribution >= 0.6 is 24.0 Å². The van der Waals surface area contributed by atoms with Gasteiger partial charge < -0.3 is 9.84 Å². The van der Waals surface area contributed by atoms with E-state index in [4.69, 9.17) is 17.0 Å². The number of hydrogen-bond acceptors (Lipinski definition) is 9. The van der Waals surface area contributed by atoms with Gasteiger partial charge in [0.15, 0.2) is 10.1 Å². The van der Waals surface area contributed by atoms with E-state index >= 15 is 0 Å². The van der Waals surface area contributed by atoms with Gasteiger partial charge in [0.05, 0.1) is 27.5 Å². The zero-order valence-electron chi connectivity index (χ0n) is 14.6. The molecule has 0 spiro atoms. The SMILES string of the molecule is COc1cc(/C=C2\SC(=S)N(c3cccc([N+](=O)[O-])c3)C2=O)cc([N+](=O)[O-])c1O. The predicted octanol–water partition coefficient (Wildman–Crippen LogP) is 3.62. The number of rotatable bonds is 5. The Morgan fingerprint density at radius 3 is 2.55 bits per heavy atom. The van der Waals surface area contributed by atoms with E-state index in [1.54, 1.807) is 0 Å². The summed E-state index contributed by atoms with van der Waals surface area (Å²) < 4.78 is 5.09. The first kappa shape index (κ1) is 20.2. The summed E-state index contributed by atoms with van der Waals surface area (Å²) in [6.45, 7) is 0. The number of amides is 1. The highest BCUT2D eigenvalue weighted by Crippen LogP contribution is 2.40. The van der Waals surface area contributed by atoms with E-state index in [2.05, 4.69) is 0 Å². The summed E-state index contributed by atoms with van der Waals surface area (Å²) in [4.78, 5) is 34.9. The highest BCUT2D eigenvalue weighted by molar-refractivity contribution is 8.27. The van der Waals surface area contributed by atoms with Gasteiger partial charge in [0.1, 0.15) is 0 Å². The molecular weight excluding hydrogens is 422 g/mol. The number of phenols is 1. The Kier molecular flexibility index (Phi) is 5.48. The number of nitro groups is 2. The van der Waals surface area contributed by atoms with Gasteiger partial charge in [-0.3, -0.25) is 29.9 Å². The molecule has 0 atom stereocenters. The standard InChI is InChI=1S/C17H11N3O7S2/c1-27-13-6-9(5-12(15(13)21)20(25)26)7-14-16(22)18(17(28)29-14)10-3-2-4-11(8-10)19(23)24/h2-8,21H,1H3/b14-7-. The molecule has 1 fully saturated rings. The second-order valence-corrected chi connectivity index (χ2v) is 7.32. The summed E-state index contributed by atoms with van der Waals surface area (Å²) in [5.74, 6) is -1.28. The number of thioether (sulfide) groups is 1. The molecular formula is C17H11N3O7S2. The Morgan fingerprint density at radius 1 is 1.21 bits per heavy atom. The lowest BCUT2D eigenvalue weighted by Crippen LogP contribution is -2.27. The first-order chi connectivity index (χ1) is 13.7. The Hall–Kier alpha value is -3.51. The molecule has 1 aliphatic rings. The van der Waals surface area contributed by atoms with E-state index < -0.39 is 27.2 Å². The minimum atomic E-state index is -0.774. The molecule has 3 rings (SSSR count). The number of nitrogens with zero attached hydrogens (tertiary/aromatic N) is 3. The molecule has 1 N–H and O–H groups in total. The molecule has 0 bridgehead atoms. The van der Waals surface area contributed by atoms with Crippen molar-refractivity contribution in [2.24, 2.45) is 0 Å². The molecule has 29 heavy (non-hydrogen) atoms. The van der Waals surface area contributed by atoms with E-state index in [1.807, 2.05) is 0 Å². The summed E-state index contributed by atoms with van der Waals surface area (Å²) in [6.07, 6.45) is 1.37. The van der Waals surface area contributed by atoms with Crippen molar-refractivity contribution in [2.45, 2.75) is 0 Å². The Labute approximate surface area is 172 Å². The van der Waals surface area contributed by atoms with E-state index in [-0.39, 0.29) is 31.9 Å². The van der Waals surface area contributed by atoms with Crippen LogP contribution in [0.25, 0.3) is 6.08 Å². The highest BCUT2D eigenvalue weighted by atomic mass is 32.2. The fourth-order valence-electron chi connectivity index (χ4n) is 2.58. The van der Waals surface area contributed by atoms with Crippen LogP contribution in [0, 0.1) is 20.2 Å². The molecule has 10 nitrogen and oxygen atoms in total. The maximum atomic E-state index is 12.8. The Morgan fingerprint density at radius 2 is 1.93 bits per heavy atom. The average molecular weight is 433 g/mol. The van der Waals surface area contributed by atoms with Crippen LogP contribution in [0.1, 0.15) is 5.56 Å². The molecule has 2 aromatic rings. The lowest BCUT2D eigenvalue weighted by Gasteiger charge is -2.13. The van der Waals surface area contributed by atoms with Crippen LogP contribution in [0.4, 0.5) is 17.1 Å². The molecule has 0 aliphatic carbocycles. The Bertz CT molecular complexity index is 1100. The minimum Gasteiger partial charge on any atom is -0.500 e. The van der Waals surface area contributed by atoms with Crippen molar-refractivity contribution in [3.05, 3.63) is 67.1 Å². The average Bonchev–Trinajstić information content (AvgIpc) is 2.95. The van der Waals surface area contributed by atoms with Crippen molar-refractivity contribution in [2.75, 3.05) is 12.0 Å². The number of carbonyl (C=O) groups excluding carboxylic acids is 1. The van der Waals surface area contributed by atoms with Crippen LogP contribution in [-0.2, 0) is 4.79 Å². The van der Waals surface area contributed by atoms with Gasteiger partial charge in [-0.2, -0.15) is 0 Å². The molecule has 1 aliphatic heterocycles. The van der Waals surface area contributed by atoms with E-state index in [1.165, 1.54) is 43.5 Å². The normalized spacial score (nSPS) is 15.1. The summed E-state index contributed by atoms with van der Waals surface area (Å²) in [6, 6.07) is 7.89. The first-order valence-electron chi connectivity index (χ1n) is 7.80. The van der Waals surface area contributed by atoms with Crippen LogP contribution in [0.3, 0.4) is 0 Å². The summed E-state index contributed by atoms with van der Waals surface area (Å²) >= 11 is 6.17. The third kappa shape index (κ3) is 3.88. The molecule has 0 aromatic heterocycles. The molecule has 0 radical (unpaired) electrons. The van der Waals surface area contributed by atoms with Gasteiger partial charge >= 0.3 is 5.69 Å². The lowest BCUT2D eigenvalue weighted by molar-refractivity contribution is -0.386. The molecule has 2 aromatic carbocycles. The lowest BCUT2D eigenvalue weighted by atomic mass is 10.1. The second kappa shape index (κ2) is 7.85. The molecule has 12 heteroatoms. The van der Waals surface area contributed by atoms with Crippen LogP contribution in [0.15, 0.2) is 41.3 Å². The number of non-ortho nitro benzene ring substituents is 1. The molecule has 1 heterocycles. The Balaban J connectivity index is 2.01. The number of hydrogen-bond donors (Lipinski definition) is 1. The number of ether oxygens (including phenoxy) is 1. The topological polar surface area (TPSA) is 136 Å². The maximum absolute atomic E-state index is 12.8. The number of anilines is 1. The number of phenolic OH excluding ortho intramolecular Hbond substituents is 1. The molecule has 148 valence electrons. The molecule has 0 unspecified atom stereocenters. The molecule has 1 amide bonds. The zero-order chi connectivity index (χ0) is 21.3. The summed E-state index contributed by atoms with van der Waals surface area (Å²) in [5.41, 5.74) is -0.297. The number of aromatic hydroxyl groups is 1. The van der Waals surface area contributed by atoms with Gasteiger partial charge in [-0.25, -0.2) is 0 Å². The molecule has 1 saturated heterocycles. The van der Waals surface area contributed by atoms with Gasteiger partial charge in [0.25, 0.3) is 11.6 Å². The van der Waals surface area contributed by atoms with Crippen molar-refractivity contribution in [3.63, 3.8) is 0 Å². The van der Waals surface area contributed by atoms with Crippen LogP contribution in [0.5, 0.6) is 11.5 Å². The second-order valence-electron chi connectivity index (χ2n) is 5.64. The fourth-order valence-corrected chi connectivity index (χ4v) is 3.88. The van der Waals surface area contributed by atoms with E-state index in [0.29, 0.717) is 0 Å². The van der Waals surface area contributed by atoms with Crippen molar-refractivity contribution in [1.29, 1.82) is 0 Å². The van der Waals surface area contributed by atoms with Crippen molar-refractivity contribution in [1.82, 2.24) is 0 Å². The largest absolute Gasteiger partial charge is 0.500 e. The summed E-state index contributed by atoms with van der Waals surface area (Å²) in [5, 5.41) is 32.0. The van der Waals surface area contributed by atoms with Crippen LogP contribution in [-0.4, -0.2) is 32.3 Å². The number of nitro benzene ring substituents is 2. The number of benzene rings is 2. The van der Waals surface area contributed by atoms with Crippen LogP contribution < -0.4 is 9.64 Å². The van der Waals surface area contributed by atoms with Gasteiger partial charge in [-0.15, -0.1) is 0 Å². The van der Waals surface area contributed by atoms with Gasteiger partial charge in [-0.05, 0) is 23.8 Å². The fraction of sp³-hybridized carbons (Fsp3) is 0.0588. The van der Waals surface area contributed by atoms with Crippen molar-refractivity contribution < 1.29 is 24.5 Å². The van der Waals surface area contributed by atoms with Crippen molar-refractivity contribution >= 4 is 57.3 Å². The smallest absolute Gasteiger partial charge is 0.315 e. The maximum Gasteiger partial charge on any atom is 0.315 e. The third-order valence-corrected chi connectivity index (χ3v) is 5.19. The number of methoxy groups -OCH3 is 1. The van der Waals surface area contributed by atoms with E-state index in [0.717, 1.165) is 22.7 Å². The van der Waals surface area contributed by atoms with Gasteiger partial charge in [0.2, 0.25) is 5.75 Å². The summed E-state index contributed by atoms with van der Waals surface area (Å²) in [7, 11) is 1.24. The number of carbonyl (C=O) groups is 1. The van der Waals surface area contributed by atoms with Gasteiger partial charge in [-0.1, -0.05) is 30.0 Å². The van der Waals surface area contributed by atoms with Gasteiger partial charge in [0, 0.05) is 18.2 Å². The van der Waals surface area contributed by atoms with E-state index in [9.17, 15) is 30.1 Å². The third-order valence-electron chi connectivity index (χ3n) is 3.88. The quantitative estimate of drug-likeness (QED) is 0.324. The molecule has 0 saturated carbocycles. The van der Waals surface area contributed by atoms with Crippen LogP contribution in [0.2, 0.25) is 0 Å². The minimum absolute atomic E-state index is 0.125.